The van der Waals surface area contributed by atoms with E-state index in [2.05, 4.69) is 15.5 Å². The minimum Gasteiger partial charge on any atom is -0.490 e. The zero-order valence-electron chi connectivity index (χ0n) is 11.1. The van der Waals surface area contributed by atoms with Gasteiger partial charge in [-0.15, -0.1) is 5.10 Å². The molecular formula is C13H16N4O3. The quantitative estimate of drug-likeness (QED) is 0.885. The first kappa shape index (κ1) is 12.7. The monoisotopic (exact) mass is 276 g/mol. The zero-order valence-corrected chi connectivity index (χ0v) is 11.1. The summed E-state index contributed by atoms with van der Waals surface area (Å²) in [5, 5.41) is 10.8. The lowest BCUT2D eigenvalue weighted by Crippen LogP contribution is -2.04. The van der Waals surface area contributed by atoms with Crippen LogP contribution in [0.15, 0.2) is 22.6 Å². The highest BCUT2D eigenvalue weighted by Gasteiger charge is 2.13. The van der Waals surface area contributed by atoms with E-state index in [1.54, 1.807) is 6.92 Å². The molecule has 1 unspecified atom stereocenters. The normalized spacial score (nSPS) is 15.5. The fraction of sp³-hybridized carbons (Fsp3) is 0.385. The third-order valence-electron chi connectivity index (χ3n) is 2.83. The van der Waals surface area contributed by atoms with E-state index in [0.29, 0.717) is 30.9 Å². The van der Waals surface area contributed by atoms with Gasteiger partial charge in [0.05, 0.1) is 19.3 Å². The van der Waals surface area contributed by atoms with Crippen molar-refractivity contribution in [2.45, 2.75) is 19.4 Å². The van der Waals surface area contributed by atoms with Gasteiger partial charge in [-0.05, 0) is 19.1 Å². The molecule has 7 nitrogen and oxygen atoms in total. The Kier molecular flexibility index (Phi) is 3.42. The van der Waals surface area contributed by atoms with Crippen molar-refractivity contribution in [1.82, 2.24) is 10.2 Å². The van der Waals surface area contributed by atoms with Crippen LogP contribution in [0.1, 0.15) is 25.3 Å². The number of ether oxygens (including phenoxy) is 2. The maximum absolute atomic E-state index is 5.67. The van der Waals surface area contributed by atoms with Gasteiger partial charge in [0.1, 0.15) is 0 Å². The molecule has 1 aliphatic heterocycles. The number of anilines is 2. The molecule has 7 heteroatoms. The fourth-order valence-electron chi connectivity index (χ4n) is 1.83. The first-order valence-corrected chi connectivity index (χ1v) is 6.48. The number of nitrogens with one attached hydrogen (secondary N) is 1. The van der Waals surface area contributed by atoms with E-state index < -0.39 is 0 Å². The SMILES string of the molecule is CC(N)c1nnc(Nc2ccc3c(c2)OCCCO3)o1. The second-order valence-corrected chi connectivity index (χ2v) is 4.57. The number of hydrogen-bond acceptors (Lipinski definition) is 7. The highest BCUT2D eigenvalue weighted by molar-refractivity contribution is 5.59. The Labute approximate surface area is 116 Å². The van der Waals surface area contributed by atoms with Gasteiger partial charge in [-0.1, -0.05) is 5.10 Å². The minimum atomic E-state index is -0.290. The maximum atomic E-state index is 5.67. The summed E-state index contributed by atoms with van der Waals surface area (Å²) in [7, 11) is 0. The number of rotatable bonds is 3. The first-order chi connectivity index (χ1) is 9.72. The van der Waals surface area contributed by atoms with Crippen molar-refractivity contribution < 1.29 is 13.9 Å². The second kappa shape index (κ2) is 5.38. The lowest BCUT2D eigenvalue weighted by atomic mass is 10.3. The Bertz CT molecular complexity index is 597. The summed E-state index contributed by atoms with van der Waals surface area (Å²) in [6.45, 7) is 3.10. The standard InChI is InChI=1S/C13H16N4O3/c1-8(14)12-16-17-13(20-12)15-9-3-4-10-11(7-9)19-6-2-5-18-10/h3-4,7-8H,2,5-6,14H2,1H3,(H,15,17). The van der Waals surface area contributed by atoms with E-state index in [1.165, 1.54) is 0 Å². The number of fused-ring (bicyclic) bond motifs is 1. The molecule has 106 valence electrons. The van der Waals surface area contributed by atoms with Gasteiger partial charge in [0.15, 0.2) is 11.5 Å². The molecule has 1 aliphatic rings. The van der Waals surface area contributed by atoms with E-state index in [4.69, 9.17) is 19.6 Å². The highest BCUT2D eigenvalue weighted by Crippen LogP contribution is 2.33. The van der Waals surface area contributed by atoms with E-state index in [-0.39, 0.29) is 6.04 Å². The van der Waals surface area contributed by atoms with Gasteiger partial charge in [-0.25, -0.2) is 0 Å². The lowest BCUT2D eigenvalue weighted by molar-refractivity contribution is 0.297. The molecule has 0 saturated carbocycles. The van der Waals surface area contributed by atoms with Crippen LogP contribution in [-0.2, 0) is 0 Å². The van der Waals surface area contributed by atoms with Crippen LogP contribution in [0.4, 0.5) is 11.7 Å². The van der Waals surface area contributed by atoms with E-state index in [0.717, 1.165) is 17.9 Å². The summed E-state index contributed by atoms with van der Waals surface area (Å²) in [5.41, 5.74) is 6.45. The smallest absolute Gasteiger partial charge is 0.320 e. The molecule has 2 aromatic rings. The second-order valence-electron chi connectivity index (χ2n) is 4.57. The molecular weight excluding hydrogens is 260 g/mol. The van der Waals surface area contributed by atoms with Gasteiger partial charge in [0, 0.05) is 18.2 Å². The van der Waals surface area contributed by atoms with Gasteiger partial charge >= 0.3 is 6.01 Å². The molecule has 0 radical (unpaired) electrons. The molecule has 0 amide bonds. The average Bonchev–Trinajstić information content (AvgIpc) is 2.77. The number of nitrogens with zero attached hydrogens (tertiary/aromatic N) is 2. The van der Waals surface area contributed by atoms with Crippen LogP contribution in [0, 0.1) is 0 Å². The molecule has 3 N–H and O–H groups in total. The molecule has 2 heterocycles. The van der Waals surface area contributed by atoms with Crippen molar-refractivity contribution in [1.29, 1.82) is 0 Å². The predicted octanol–water partition coefficient (Wildman–Crippen LogP) is 1.99. The molecule has 0 bridgehead atoms. The molecule has 0 fully saturated rings. The van der Waals surface area contributed by atoms with Crippen LogP contribution < -0.4 is 20.5 Å². The van der Waals surface area contributed by atoms with Crippen molar-refractivity contribution >= 4 is 11.7 Å². The summed E-state index contributed by atoms with van der Waals surface area (Å²) in [5.74, 6) is 1.84. The van der Waals surface area contributed by atoms with Crippen molar-refractivity contribution in [3.63, 3.8) is 0 Å². The summed E-state index contributed by atoms with van der Waals surface area (Å²) >= 11 is 0. The van der Waals surface area contributed by atoms with Crippen molar-refractivity contribution in [3.8, 4) is 11.5 Å². The highest BCUT2D eigenvalue weighted by atomic mass is 16.5. The lowest BCUT2D eigenvalue weighted by Gasteiger charge is -2.09. The number of hydrogen-bond donors (Lipinski definition) is 2. The number of nitrogens with two attached hydrogens (primary N) is 1. The molecule has 1 atom stereocenters. The maximum Gasteiger partial charge on any atom is 0.320 e. The van der Waals surface area contributed by atoms with Gasteiger partial charge in [-0.2, -0.15) is 0 Å². The minimum absolute atomic E-state index is 0.290. The molecule has 1 aromatic carbocycles. The average molecular weight is 276 g/mol. The summed E-state index contributed by atoms with van der Waals surface area (Å²) < 4.78 is 16.6. The number of benzene rings is 1. The molecule has 3 rings (SSSR count). The zero-order chi connectivity index (χ0) is 13.9. The van der Waals surface area contributed by atoms with Gasteiger partial charge in [0.25, 0.3) is 0 Å². The Morgan fingerprint density at radius 1 is 1.20 bits per heavy atom. The Balaban J connectivity index is 1.78. The van der Waals surface area contributed by atoms with Crippen molar-refractivity contribution in [3.05, 3.63) is 24.1 Å². The Morgan fingerprint density at radius 2 is 2.00 bits per heavy atom. The number of aromatic nitrogens is 2. The summed E-state index contributed by atoms with van der Waals surface area (Å²) in [4.78, 5) is 0. The summed E-state index contributed by atoms with van der Waals surface area (Å²) in [6, 6.07) is 5.57. The van der Waals surface area contributed by atoms with Gasteiger partial charge < -0.3 is 24.9 Å². The summed E-state index contributed by atoms with van der Waals surface area (Å²) in [6.07, 6.45) is 0.874. The predicted molar refractivity (Wildman–Crippen MR) is 72.2 cm³/mol. The largest absolute Gasteiger partial charge is 0.490 e. The topological polar surface area (TPSA) is 95.4 Å². The van der Waals surface area contributed by atoms with Crippen LogP contribution in [0.5, 0.6) is 11.5 Å². The van der Waals surface area contributed by atoms with Crippen molar-refractivity contribution in [2.24, 2.45) is 5.73 Å². The Morgan fingerprint density at radius 3 is 2.75 bits per heavy atom. The van der Waals surface area contributed by atoms with Crippen molar-refractivity contribution in [2.75, 3.05) is 18.5 Å². The van der Waals surface area contributed by atoms with Gasteiger partial charge in [0.2, 0.25) is 5.89 Å². The van der Waals surface area contributed by atoms with E-state index in [9.17, 15) is 0 Å². The third kappa shape index (κ3) is 2.67. The van der Waals surface area contributed by atoms with E-state index >= 15 is 0 Å². The molecule has 0 saturated heterocycles. The van der Waals surface area contributed by atoms with E-state index in [1.807, 2.05) is 18.2 Å². The van der Waals surface area contributed by atoms with Crippen LogP contribution in [0.3, 0.4) is 0 Å². The van der Waals surface area contributed by atoms with Crippen LogP contribution in [0.25, 0.3) is 0 Å². The van der Waals surface area contributed by atoms with Crippen LogP contribution in [0.2, 0.25) is 0 Å². The first-order valence-electron chi connectivity index (χ1n) is 6.48. The van der Waals surface area contributed by atoms with Crippen LogP contribution in [-0.4, -0.2) is 23.4 Å². The Hall–Kier alpha value is -2.28. The molecule has 20 heavy (non-hydrogen) atoms. The third-order valence-corrected chi connectivity index (χ3v) is 2.83. The fourth-order valence-corrected chi connectivity index (χ4v) is 1.83. The molecule has 1 aromatic heterocycles. The molecule has 0 aliphatic carbocycles. The van der Waals surface area contributed by atoms with Gasteiger partial charge in [-0.3, -0.25) is 0 Å². The van der Waals surface area contributed by atoms with Crippen LogP contribution >= 0.6 is 0 Å². The molecule has 0 spiro atoms.